The van der Waals surface area contributed by atoms with Crippen LogP contribution >= 0.6 is 0 Å². The van der Waals surface area contributed by atoms with Gasteiger partial charge in [0.1, 0.15) is 6.54 Å². The van der Waals surface area contributed by atoms with Crippen LogP contribution in [0.4, 0.5) is 5.69 Å². The van der Waals surface area contributed by atoms with Gasteiger partial charge in [0.15, 0.2) is 5.78 Å². The molecular formula is C13H15NO3. The zero-order valence-corrected chi connectivity index (χ0v) is 10.0. The summed E-state index contributed by atoms with van der Waals surface area (Å²) in [6, 6.07) is 5.62. The highest BCUT2D eigenvalue weighted by Crippen LogP contribution is 2.28. The van der Waals surface area contributed by atoms with E-state index in [0.29, 0.717) is 0 Å². The fourth-order valence-corrected chi connectivity index (χ4v) is 2.07. The summed E-state index contributed by atoms with van der Waals surface area (Å²) in [5.74, 6) is -0.173. The number of rotatable bonds is 3. The van der Waals surface area contributed by atoms with E-state index in [9.17, 15) is 9.59 Å². The minimum absolute atomic E-state index is 0.0687. The molecule has 90 valence electrons. The summed E-state index contributed by atoms with van der Waals surface area (Å²) in [7, 11) is 1.39. The van der Waals surface area contributed by atoms with Gasteiger partial charge in [-0.2, -0.15) is 0 Å². The number of anilines is 1. The lowest BCUT2D eigenvalue weighted by atomic mass is 10.1. The van der Waals surface area contributed by atoms with Crippen LogP contribution in [-0.2, 0) is 16.0 Å². The van der Waals surface area contributed by atoms with E-state index in [4.69, 9.17) is 0 Å². The van der Waals surface area contributed by atoms with E-state index in [1.165, 1.54) is 7.11 Å². The van der Waals surface area contributed by atoms with Crippen LogP contribution < -0.4 is 4.90 Å². The molecule has 0 aromatic heterocycles. The number of methoxy groups -OCH3 is 1. The first-order valence-electron chi connectivity index (χ1n) is 5.57. The topological polar surface area (TPSA) is 46.6 Å². The second-order valence-electron chi connectivity index (χ2n) is 4.15. The molecule has 4 nitrogen and oxygen atoms in total. The van der Waals surface area contributed by atoms with Crippen LogP contribution in [0.2, 0.25) is 0 Å². The predicted octanol–water partition coefficient (Wildman–Crippen LogP) is 1.42. The van der Waals surface area contributed by atoms with Crippen LogP contribution in [-0.4, -0.2) is 32.0 Å². The Kier molecular flexibility index (Phi) is 3.13. The van der Waals surface area contributed by atoms with Crippen LogP contribution in [0, 0.1) is 0 Å². The number of hydrogen-bond donors (Lipinski definition) is 0. The number of nitrogens with zero attached hydrogens (tertiary/aromatic N) is 1. The Labute approximate surface area is 100 Å². The number of carbonyl (C=O) groups excluding carboxylic acids is 2. The molecule has 4 heteroatoms. The van der Waals surface area contributed by atoms with Crippen LogP contribution in [0.5, 0.6) is 0 Å². The van der Waals surface area contributed by atoms with Gasteiger partial charge in [-0.05, 0) is 37.1 Å². The summed E-state index contributed by atoms with van der Waals surface area (Å²) in [5, 5.41) is 0. The number of carbonyl (C=O) groups is 2. The summed E-state index contributed by atoms with van der Waals surface area (Å²) in [6.45, 7) is 2.62. The van der Waals surface area contributed by atoms with Gasteiger partial charge in [0.2, 0.25) is 0 Å². The fourth-order valence-electron chi connectivity index (χ4n) is 2.07. The summed E-state index contributed by atoms with van der Waals surface area (Å²) >= 11 is 0. The maximum Gasteiger partial charge on any atom is 0.325 e. The van der Waals surface area contributed by atoms with Crippen LogP contribution in [0.3, 0.4) is 0 Å². The molecule has 0 aliphatic carbocycles. The molecule has 1 heterocycles. The minimum Gasteiger partial charge on any atom is -0.468 e. The van der Waals surface area contributed by atoms with E-state index < -0.39 is 0 Å². The van der Waals surface area contributed by atoms with Crippen LogP contribution in [0.1, 0.15) is 22.8 Å². The molecule has 0 spiro atoms. The Balaban J connectivity index is 2.21. The third kappa shape index (κ3) is 2.30. The van der Waals surface area contributed by atoms with Crippen molar-refractivity contribution in [3.05, 3.63) is 29.3 Å². The van der Waals surface area contributed by atoms with E-state index in [2.05, 4.69) is 4.74 Å². The SMILES string of the molecule is COC(=O)CN1CCc2cc(C(C)=O)ccc21. The van der Waals surface area contributed by atoms with Gasteiger partial charge in [0.25, 0.3) is 0 Å². The van der Waals surface area contributed by atoms with Crippen LogP contribution in [0.25, 0.3) is 0 Å². The monoisotopic (exact) mass is 233 g/mol. The maximum atomic E-state index is 11.3. The highest BCUT2D eigenvalue weighted by atomic mass is 16.5. The Morgan fingerprint density at radius 2 is 2.18 bits per heavy atom. The van der Waals surface area contributed by atoms with Crippen molar-refractivity contribution in [1.29, 1.82) is 0 Å². The molecule has 0 saturated carbocycles. The number of benzene rings is 1. The van der Waals surface area contributed by atoms with Gasteiger partial charge in [0, 0.05) is 17.8 Å². The van der Waals surface area contributed by atoms with E-state index in [-0.39, 0.29) is 18.3 Å². The molecule has 2 rings (SSSR count). The van der Waals surface area contributed by atoms with Crippen molar-refractivity contribution in [3.63, 3.8) is 0 Å². The van der Waals surface area contributed by atoms with Gasteiger partial charge in [-0.1, -0.05) is 0 Å². The van der Waals surface area contributed by atoms with Gasteiger partial charge in [-0.25, -0.2) is 0 Å². The van der Waals surface area contributed by atoms with Crippen molar-refractivity contribution >= 4 is 17.4 Å². The average molecular weight is 233 g/mol. The smallest absolute Gasteiger partial charge is 0.325 e. The first kappa shape index (κ1) is 11.6. The molecule has 1 aliphatic heterocycles. The Morgan fingerprint density at radius 3 is 2.82 bits per heavy atom. The Morgan fingerprint density at radius 1 is 1.41 bits per heavy atom. The van der Waals surface area contributed by atoms with Gasteiger partial charge in [-0.3, -0.25) is 9.59 Å². The number of hydrogen-bond acceptors (Lipinski definition) is 4. The second-order valence-corrected chi connectivity index (χ2v) is 4.15. The number of Topliss-reactive ketones (excluding diaryl/α,β-unsaturated/α-hetero) is 1. The maximum absolute atomic E-state index is 11.3. The standard InChI is InChI=1S/C13H15NO3/c1-9(15)10-3-4-12-11(7-10)5-6-14(12)8-13(16)17-2/h3-4,7H,5-6,8H2,1-2H3. The molecule has 1 aliphatic rings. The highest BCUT2D eigenvalue weighted by molar-refractivity contribution is 5.95. The molecule has 0 saturated heterocycles. The number of fused-ring (bicyclic) bond motifs is 1. The number of esters is 1. The third-order valence-electron chi connectivity index (χ3n) is 3.03. The van der Waals surface area contributed by atoms with Crippen molar-refractivity contribution in [3.8, 4) is 0 Å². The quantitative estimate of drug-likeness (QED) is 0.585. The predicted molar refractivity (Wildman–Crippen MR) is 64.4 cm³/mol. The first-order valence-corrected chi connectivity index (χ1v) is 5.57. The van der Waals surface area contributed by atoms with Crippen molar-refractivity contribution in [2.24, 2.45) is 0 Å². The molecule has 0 fully saturated rings. The van der Waals surface area contributed by atoms with Gasteiger partial charge >= 0.3 is 5.97 Å². The molecule has 0 radical (unpaired) electrons. The fraction of sp³-hybridized carbons (Fsp3) is 0.385. The lowest BCUT2D eigenvalue weighted by molar-refractivity contribution is -0.138. The molecule has 17 heavy (non-hydrogen) atoms. The second kappa shape index (κ2) is 4.57. The van der Waals surface area contributed by atoms with Gasteiger partial charge in [0.05, 0.1) is 7.11 Å². The Hall–Kier alpha value is -1.84. The largest absolute Gasteiger partial charge is 0.468 e. The highest BCUT2D eigenvalue weighted by Gasteiger charge is 2.21. The third-order valence-corrected chi connectivity index (χ3v) is 3.03. The molecule has 1 aromatic rings. The summed E-state index contributed by atoms with van der Waals surface area (Å²) in [5.41, 5.74) is 2.88. The summed E-state index contributed by atoms with van der Waals surface area (Å²) in [4.78, 5) is 24.5. The normalized spacial score (nSPS) is 13.4. The number of ketones is 1. The average Bonchev–Trinajstić information content (AvgIpc) is 2.71. The summed E-state index contributed by atoms with van der Waals surface area (Å²) < 4.78 is 4.65. The van der Waals surface area contributed by atoms with Crippen molar-refractivity contribution < 1.29 is 14.3 Å². The van der Waals surface area contributed by atoms with Gasteiger partial charge < -0.3 is 9.64 Å². The summed E-state index contributed by atoms with van der Waals surface area (Å²) in [6.07, 6.45) is 0.868. The molecule has 1 aromatic carbocycles. The van der Waals surface area contributed by atoms with E-state index in [1.807, 2.05) is 17.0 Å². The first-order chi connectivity index (χ1) is 8.11. The zero-order valence-electron chi connectivity index (χ0n) is 10.0. The van der Waals surface area contributed by atoms with Crippen molar-refractivity contribution in [1.82, 2.24) is 0 Å². The lowest BCUT2D eigenvalue weighted by Gasteiger charge is -2.17. The molecule has 0 bridgehead atoms. The zero-order chi connectivity index (χ0) is 12.4. The minimum atomic E-state index is -0.242. The van der Waals surface area contributed by atoms with E-state index in [0.717, 1.165) is 29.8 Å². The molecule has 0 unspecified atom stereocenters. The van der Waals surface area contributed by atoms with Crippen molar-refractivity contribution in [2.45, 2.75) is 13.3 Å². The Bertz CT molecular complexity index is 468. The molecule has 0 atom stereocenters. The van der Waals surface area contributed by atoms with Gasteiger partial charge in [-0.15, -0.1) is 0 Å². The number of ether oxygens (including phenoxy) is 1. The molecular weight excluding hydrogens is 218 g/mol. The molecule has 0 amide bonds. The van der Waals surface area contributed by atoms with Crippen LogP contribution in [0.15, 0.2) is 18.2 Å². The molecule has 0 N–H and O–H groups in total. The van der Waals surface area contributed by atoms with E-state index in [1.54, 1.807) is 13.0 Å². The lowest BCUT2D eigenvalue weighted by Crippen LogP contribution is -2.28. The van der Waals surface area contributed by atoms with Crippen molar-refractivity contribution in [2.75, 3.05) is 25.1 Å². The van der Waals surface area contributed by atoms with E-state index >= 15 is 0 Å².